The average molecular weight is 455 g/mol. The molecule has 144 valence electrons. The number of aromatic nitrogens is 4. The molecule has 30 heavy (non-hydrogen) atoms. The monoisotopic (exact) mass is 454 g/mol. The molecule has 5 rings (SSSR count). The largest absolute Gasteiger partial charge is 0.287 e. The van der Waals surface area contributed by atoms with E-state index in [9.17, 15) is 4.79 Å². The molecule has 2 heterocycles. The van der Waals surface area contributed by atoms with Crippen LogP contribution in [0.4, 0.5) is 0 Å². The van der Waals surface area contributed by atoms with E-state index in [1.54, 1.807) is 12.1 Å². The predicted molar refractivity (Wildman–Crippen MR) is 119 cm³/mol. The Bertz CT molecular complexity index is 1350. The van der Waals surface area contributed by atoms with Crippen LogP contribution < -0.4 is 0 Å². The minimum Gasteiger partial charge on any atom is -0.287 e. The van der Waals surface area contributed by atoms with Crippen molar-refractivity contribution in [3.05, 3.63) is 107 Å². The van der Waals surface area contributed by atoms with Crippen LogP contribution in [0, 0.1) is 0 Å². The van der Waals surface area contributed by atoms with Gasteiger partial charge in [-0.2, -0.15) is 9.61 Å². The average Bonchev–Trinajstić information content (AvgIpc) is 3.22. The van der Waals surface area contributed by atoms with Crippen LogP contribution in [0.3, 0.4) is 0 Å². The molecule has 0 saturated heterocycles. The number of hydrogen-bond acceptors (Lipinski definition) is 4. The van der Waals surface area contributed by atoms with Crippen molar-refractivity contribution in [1.29, 1.82) is 0 Å². The van der Waals surface area contributed by atoms with Gasteiger partial charge < -0.3 is 0 Å². The van der Waals surface area contributed by atoms with E-state index in [0.717, 1.165) is 21.3 Å². The van der Waals surface area contributed by atoms with E-state index in [-0.39, 0.29) is 5.78 Å². The minimum absolute atomic E-state index is 0.157. The zero-order chi connectivity index (χ0) is 20.5. The molecular formula is C24H15BrN4O. The number of benzene rings is 3. The number of ketones is 1. The fraction of sp³-hybridized carbons (Fsp3) is 0. The van der Waals surface area contributed by atoms with Crippen LogP contribution >= 0.6 is 15.9 Å². The van der Waals surface area contributed by atoms with Crippen molar-refractivity contribution in [2.75, 3.05) is 0 Å². The van der Waals surface area contributed by atoms with Gasteiger partial charge in [-0.1, -0.05) is 76.6 Å². The van der Waals surface area contributed by atoms with E-state index in [1.807, 2.05) is 72.8 Å². The molecule has 6 heteroatoms. The molecule has 0 spiro atoms. The molecule has 0 unspecified atom stereocenters. The van der Waals surface area contributed by atoms with Crippen LogP contribution in [-0.4, -0.2) is 25.4 Å². The van der Waals surface area contributed by atoms with Crippen molar-refractivity contribution in [2.45, 2.75) is 0 Å². The Labute approximate surface area is 181 Å². The van der Waals surface area contributed by atoms with Gasteiger partial charge >= 0.3 is 0 Å². The van der Waals surface area contributed by atoms with Crippen LogP contribution in [0.2, 0.25) is 0 Å². The van der Waals surface area contributed by atoms with Crippen LogP contribution in [0.5, 0.6) is 0 Å². The summed E-state index contributed by atoms with van der Waals surface area (Å²) < 4.78 is 2.44. The van der Waals surface area contributed by atoms with E-state index in [0.29, 0.717) is 22.7 Å². The van der Waals surface area contributed by atoms with Crippen molar-refractivity contribution in [3.8, 4) is 22.5 Å². The molecule has 5 nitrogen and oxygen atoms in total. The normalized spacial score (nSPS) is 11.0. The number of hydrogen-bond donors (Lipinski definition) is 0. The van der Waals surface area contributed by atoms with Crippen LogP contribution in [0.1, 0.15) is 16.1 Å². The zero-order valence-corrected chi connectivity index (χ0v) is 17.3. The Kier molecular flexibility index (Phi) is 4.69. The summed E-state index contributed by atoms with van der Waals surface area (Å²) in [6, 6.07) is 26.9. The van der Waals surface area contributed by atoms with Gasteiger partial charge in [0.1, 0.15) is 17.1 Å². The second-order valence-electron chi connectivity index (χ2n) is 6.73. The third kappa shape index (κ3) is 3.31. The lowest BCUT2D eigenvalue weighted by atomic mass is 10.0. The maximum atomic E-state index is 13.1. The highest BCUT2D eigenvalue weighted by Gasteiger charge is 2.20. The summed E-state index contributed by atoms with van der Waals surface area (Å²) in [5.74, 6) is 0.227. The molecule has 3 aromatic carbocycles. The lowest BCUT2D eigenvalue weighted by Crippen LogP contribution is -2.09. The van der Waals surface area contributed by atoms with Gasteiger partial charge in [0, 0.05) is 21.2 Å². The number of halogens is 1. The molecule has 0 atom stereocenters. The second-order valence-corrected chi connectivity index (χ2v) is 7.65. The standard InChI is InChI=1S/C24H15BrN4O/c25-19-13-11-18(12-14-19)23(30)20-15-26-24-27-21(16-7-3-1-4-8-16)22(28-29(20)24)17-9-5-2-6-10-17/h1-15H. The lowest BCUT2D eigenvalue weighted by Gasteiger charge is -2.10. The zero-order valence-electron chi connectivity index (χ0n) is 15.7. The molecule has 0 N–H and O–H groups in total. The number of rotatable bonds is 4. The van der Waals surface area contributed by atoms with Crippen molar-refractivity contribution in [3.63, 3.8) is 0 Å². The topological polar surface area (TPSA) is 60.2 Å². The lowest BCUT2D eigenvalue weighted by molar-refractivity contribution is 0.103. The predicted octanol–water partition coefficient (Wildman–Crippen LogP) is 5.45. The quantitative estimate of drug-likeness (QED) is 0.338. The van der Waals surface area contributed by atoms with Gasteiger partial charge in [-0.15, -0.1) is 0 Å². The summed E-state index contributed by atoms with van der Waals surface area (Å²) in [4.78, 5) is 22.2. The van der Waals surface area contributed by atoms with Crippen molar-refractivity contribution in [1.82, 2.24) is 19.6 Å². The van der Waals surface area contributed by atoms with Crippen molar-refractivity contribution >= 4 is 27.5 Å². The van der Waals surface area contributed by atoms with Gasteiger partial charge in [0.15, 0.2) is 0 Å². The van der Waals surface area contributed by atoms with E-state index < -0.39 is 0 Å². The number of fused-ring (bicyclic) bond motifs is 1. The van der Waals surface area contributed by atoms with E-state index in [2.05, 4.69) is 20.9 Å². The highest BCUT2D eigenvalue weighted by atomic mass is 79.9. The minimum atomic E-state index is -0.157. The smallest absolute Gasteiger partial charge is 0.251 e. The highest BCUT2D eigenvalue weighted by Crippen LogP contribution is 2.29. The first-order chi connectivity index (χ1) is 14.7. The Hall–Kier alpha value is -3.64. The molecule has 0 amide bonds. The van der Waals surface area contributed by atoms with E-state index in [4.69, 9.17) is 10.1 Å². The third-order valence-corrected chi connectivity index (χ3v) is 5.32. The Morgan fingerprint density at radius 3 is 2.00 bits per heavy atom. The molecule has 0 saturated carbocycles. The Balaban J connectivity index is 1.72. The summed E-state index contributed by atoms with van der Waals surface area (Å²) in [6.07, 6.45) is 1.53. The maximum Gasteiger partial charge on any atom is 0.251 e. The summed E-state index contributed by atoms with van der Waals surface area (Å²) in [5, 5.41) is 4.81. The first-order valence-corrected chi connectivity index (χ1v) is 10.2. The van der Waals surface area contributed by atoms with Crippen LogP contribution in [-0.2, 0) is 0 Å². The number of carbonyl (C=O) groups excluding carboxylic acids is 1. The molecule has 0 aliphatic carbocycles. The van der Waals surface area contributed by atoms with Crippen molar-refractivity contribution < 1.29 is 4.79 Å². The fourth-order valence-corrected chi connectivity index (χ4v) is 3.57. The fourth-order valence-electron chi connectivity index (χ4n) is 3.30. The SMILES string of the molecule is O=C(c1ccc(Br)cc1)c1cnc2nc(-c3ccccc3)c(-c3ccccc3)nn12. The molecular weight excluding hydrogens is 440 g/mol. The van der Waals surface area contributed by atoms with Gasteiger partial charge in [0.05, 0.1) is 6.20 Å². The maximum absolute atomic E-state index is 13.1. The highest BCUT2D eigenvalue weighted by molar-refractivity contribution is 9.10. The summed E-state index contributed by atoms with van der Waals surface area (Å²) >= 11 is 3.40. The molecule has 5 aromatic rings. The Morgan fingerprint density at radius 1 is 0.767 bits per heavy atom. The van der Waals surface area contributed by atoms with Crippen molar-refractivity contribution in [2.24, 2.45) is 0 Å². The summed E-state index contributed by atoms with van der Waals surface area (Å²) in [6.45, 7) is 0. The molecule has 0 radical (unpaired) electrons. The molecule has 0 fully saturated rings. The number of carbonyl (C=O) groups is 1. The number of nitrogens with zero attached hydrogens (tertiary/aromatic N) is 4. The third-order valence-electron chi connectivity index (χ3n) is 4.79. The Morgan fingerprint density at radius 2 is 1.37 bits per heavy atom. The summed E-state index contributed by atoms with van der Waals surface area (Å²) in [5.41, 5.74) is 4.21. The van der Waals surface area contributed by atoms with E-state index >= 15 is 0 Å². The first-order valence-electron chi connectivity index (χ1n) is 9.37. The first kappa shape index (κ1) is 18.4. The molecule has 0 aliphatic heterocycles. The number of imidazole rings is 1. The molecule has 0 aliphatic rings. The van der Waals surface area contributed by atoms with Gasteiger partial charge in [0.2, 0.25) is 5.78 Å². The van der Waals surface area contributed by atoms with Gasteiger partial charge in [-0.05, 0) is 24.3 Å². The van der Waals surface area contributed by atoms with Crippen LogP contribution in [0.25, 0.3) is 28.3 Å². The van der Waals surface area contributed by atoms with E-state index in [1.165, 1.54) is 10.7 Å². The summed E-state index contributed by atoms with van der Waals surface area (Å²) in [7, 11) is 0. The second kappa shape index (κ2) is 7.65. The van der Waals surface area contributed by atoms with Gasteiger partial charge in [-0.25, -0.2) is 9.97 Å². The van der Waals surface area contributed by atoms with Crippen LogP contribution in [0.15, 0.2) is 95.6 Å². The molecule has 2 aromatic heterocycles. The van der Waals surface area contributed by atoms with Gasteiger partial charge in [0.25, 0.3) is 5.78 Å². The van der Waals surface area contributed by atoms with Gasteiger partial charge in [-0.3, -0.25) is 4.79 Å². The molecule has 0 bridgehead atoms.